The third-order valence-electron chi connectivity index (χ3n) is 7.15. The van der Waals surface area contributed by atoms with Gasteiger partial charge in [0.2, 0.25) is 0 Å². The van der Waals surface area contributed by atoms with Crippen molar-refractivity contribution in [1.82, 2.24) is 29.9 Å². The zero-order chi connectivity index (χ0) is 26.4. The first-order chi connectivity index (χ1) is 18.4. The standard InChI is InChI=1S/C28H25FN6O3/c1-16-13-34(14-25-31-32-26(35(16)25)19-8-6-18(10-19)15-36)28(38)22-11-17(7-9-23(22)29)12-24-20-4-2-3-5-21(20)27(37)33-30-24/h2-9,11,16,36H,10,12-15H2,1H3,(H,33,37). The molecular weight excluding hydrogens is 487 g/mol. The minimum absolute atomic E-state index is 0.00203. The second kappa shape index (κ2) is 9.46. The highest BCUT2D eigenvalue weighted by Gasteiger charge is 2.32. The maximum Gasteiger partial charge on any atom is 0.272 e. The summed E-state index contributed by atoms with van der Waals surface area (Å²) in [4.78, 5) is 27.2. The van der Waals surface area contributed by atoms with Gasteiger partial charge in [0.1, 0.15) is 5.82 Å². The Morgan fingerprint density at radius 1 is 1.16 bits per heavy atom. The Balaban J connectivity index is 1.25. The molecule has 9 nitrogen and oxygen atoms in total. The van der Waals surface area contributed by atoms with E-state index in [2.05, 4.69) is 20.4 Å². The van der Waals surface area contributed by atoms with Gasteiger partial charge in [-0.2, -0.15) is 5.10 Å². The van der Waals surface area contributed by atoms with Crippen LogP contribution in [0.15, 0.2) is 65.0 Å². The average molecular weight is 513 g/mol. The number of carbonyl (C=O) groups excluding carboxylic acids is 1. The van der Waals surface area contributed by atoms with Crippen molar-refractivity contribution in [3.8, 4) is 0 Å². The van der Waals surface area contributed by atoms with Crippen LogP contribution in [-0.4, -0.2) is 54.0 Å². The molecule has 2 aromatic heterocycles. The van der Waals surface area contributed by atoms with E-state index in [9.17, 15) is 19.1 Å². The second-order valence-corrected chi connectivity index (χ2v) is 9.73. The van der Waals surface area contributed by atoms with E-state index in [1.54, 1.807) is 29.2 Å². The van der Waals surface area contributed by atoms with Crippen LogP contribution in [0.3, 0.4) is 0 Å². The number of allylic oxidation sites excluding steroid dienone is 3. The summed E-state index contributed by atoms with van der Waals surface area (Å²) in [5, 5.41) is 26.1. The SMILES string of the molecule is CC1CN(C(=O)c2cc(Cc3n[nH]c(=O)c4ccccc34)ccc2F)Cc2nnc(C3=CC=C(CO)C3)n21. The number of amides is 1. The largest absolute Gasteiger partial charge is 0.392 e. The van der Waals surface area contributed by atoms with Crippen LogP contribution in [0, 0.1) is 5.82 Å². The predicted octanol–water partition coefficient (Wildman–Crippen LogP) is 3.17. The first-order valence-corrected chi connectivity index (χ1v) is 12.4. The molecule has 1 unspecified atom stereocenters. The number of fused-ring (bicyclic) bond motifs is 2. The lowest BCUT2D eigenvalue weighted by Crippen LogP contribution is -2.41. The summed E-state index contributed by atoms with van der Waals surface area (Å²) in [7, 11) is 0. The van der Waals surface area contributed by atoms with E-state index in [4.69, 9.17) is 0 Å². The van der Waals surface area contributed by atoms with Crippen LogP contribution in [0.5, 0.6) is 0 Å². The Labute approximate surface area is 216 Å². The predicted molar refractivity (Wildman–Crippen MR) is 139 cm³/mol. The smallest absolute Gasteiger partial charge is 0.272 e. The number of aromatic nitrogens is 5. The molecule has 2 N–H and O–H groups in total. The highest BCUT2D eigenvalue weighted by atomic mass is 19.1. The topological polar surface area (TPSA) is 117 Å². The third kappa shape index (κ3) is 4.12. The van der Waals surface area contributed by atoms with Crippen LogP contribution < -0.4 is 5.56 Å². The molecule has 1 amide bonds. The molecule has 4 aromatic rings. The average Bonchev–Trinajstić information content (AvgIpc) is 3.58. The number of aliphatic hydroxyl groups excluding tert-OH is 1. The van der Waals surface area contributed by atoms with Gasteiger partial charge in [0, 0.05) is 23.9 Å². The normalized spacial score (nSPS) is 16.9. The third-order valence-corrected chi connectivity index (χ3v) is 7.15. The minimum Gasteiger partial charge on any atom is -0.392 e. The molecule has 1 aliphatic carbocycles. The van der Waals surface area contributed by atoms with Gasteiger partial charge < -0.3 is 14.6 Å². The summed E-state index contributed by atoms with van der Waals surface area (Å²) >= 11 is 0. The number of aliphatic hydroxyl groups is 1. The summed E-state index contributed by atoms with van der Waals surface area (Å²) in [6.07, 6.45) is 4.77. The molecule has 38 heavy (non-hydrogen) atoms. The molecule has 2 aliphatic rings. The molecule has 1 aliphatic heterocycles. The molecule has 0 spiro atoms. The molecule has 0 saturated carbocycles. The molecule has 10 heteroatoms. The number of benzene rings is 2. The number of nitrogens with zero attached hydrogens (tertiary/aromatic N) is 5. The van der Waals surface area contributed by atoms with Crippen molar-refractivity contribution in [2.75, 3.05) is 13.2 Å². The van der Waals surface area contributed by atoms with Gasteiger partial charge >= 0.3 is 0 Å². The fraction of sp³-hybridized carbons (Fsp3) is 0.250. The van der Waals surface area contributed by atoms with Gasteiger partial charge in [-0.25, -0.2) is 9.49 Å². The first kappa shape index (κ1) is 23.9. The van der Waals surface area contributed by atoms with E-state index in [1.807, 2.05) is 35.8 Å². The van der Waals surface area contributed by atoms with E-state index in [0.717, 1.165) is 17.0 Å². The van der Waals surface area contributed by atoms with Gasteiger partial charge in [-0.1, -0.05) is 36.4 Å². The van der Waals surface area contributed by atoms with E-state index in [0.29, 0.717) is 47.2 Å². The van der Waals surface area contributed by atoms with Crippen molar-refractivity contribution >= 4 is 22.3 Å². The molecular formula is C28H25FN6O3. The fourth-order valence-electron chi connectivity index (χ4n) is 5.26. The summed E-state index contributed by atoms with van der Waals surface area (Å²) in [6, 6.07) is 11.5. The van der Waals surface area contributed by atoms with Crippen LogP contribution in [0.4, 0.5) is 4.39 Å². The monoisotopic (exact) mass is 512 g/mol. The van der Waals surface area contributed by atoms with Crippen molar-refractivity contribution < 1.29 is 14.3 Å². The molecule has 2 aromatic carbocycles. The number of H-pyrrole nitrogens is 1. The van der Waals surface area contributed by atoms with Crippen molar-refractivity contribution in [1.29, 1.82) is 0 Å². The molecule has 0 bridgehead atoms. The van der Waals surface area contributed by atoms with Gasteiger partial charge in [0.15, 0.2) is 11.6 Å². The highest BCUT2D eigenvalue weighted by Crippen LogP contribution is 2.32. The van der Waals surface area contributed by atoms with E-state index in [1.165, 1.54) is 6.07 Å². The van der Waals surface area contributed by atoms with Crippen molar-refractivity contribution in [3.63, 3.8) is 0 Å². The van der Waals surface area contributed by atoms with Crippen molar-refractivity contribution in [2.24, 2.45) is 0 Å². The van der Waals surface area contributed by atoms with Gasteiger partial charge in [0.25, 0.3) is 11.5 Å². The van der Waals surface area contributed by atoms with Crippen molar-refractivity contribution in [2.45, 2.75) is 32.4 Å². The highest BCUT2D eigenvalue weighted by molar-refractivity contribution is 5.95. The quantitative estimate of drug-likeness (QED) is 0.424. The van der Waals surface area contributed by atoms with Crippen molar-refractivity contribution in [3.05, 3.63) is 105 Å². The lowest BCUT2D eigenvalue weighted by Gasteiger charge is -2.33. The summed E-state index contributed by atoms with van der Waals surface area (Å²) in [5.74, 6) is 0.340. The van der Waals surface area contributed by atoms with E-state index in [-0.39, 0.29) is 30.3 Å². The summed E-state index contributed by atoms with van der Waals surface area (Å²) in [5.41, 5.74) is 2.93. The number of rotatable bonds is 5. The van der Waals surface area contributed by atoms with Crippen LogP contribution in [0.25, 0.3) is 16.3 Å². The number of halogens is 1. The van der Waals surface area contributed by atoms with Crippen LogP contribution in [0.2, 0.25) is 0 Å². The minimum atomic E-state index is -0.600. The van der Waals surface area contributed by atoms with Crippen LogP contribution >= 0.6 is 0 Å². The Kier molecular flexibility index (Phi) is 5.96. The Bertz CT molecular complexity index is 1700. The Morgan fingerprint density at radius 3 is 2.76 bits per heavy atom. The fourth-order valence-corrected chi connectivity index (χ4v) is 5.26. The molecule has 0 saturated heterocycles. The van der Waals surface area contributed by atoms with Crippen LogP contribution in [0.1, 0.15) is 52.7 Å². The van der Waals surface area contributed by atoms with E-state index < -0.39 is 11.7 Å². The maximum absolute atomic E-state index is 14.9. The second-order valence-electron chi connectivity index (χ2n) is 9.73. The van der Waals surface area contributed by atoms with Gasteiger partial charge in [-0.15, -0.1) is 10.2 Å². The maximum atomic E-state index is 14.9. The van der Waals surface area contributed by atoms with E-state index >= 15 is 0 Å². The Morgan fingerprint density at radius 2 is 1.97 bits per heavy atom. The summed E-state index contributed by atoms with van der Waals surface area (Å²) < 4.78 is 16.9. The van der Waals surface area contributed by atoms with Gasteiger partial charge in [-0.05, 0) is 42.7 Å². The zero-order valence-electron chi connectivity index (χ0n) is 20.7. The summed E-state index contributed by atoms with van der Waals surface area (Å²) in [6.45, 7) is 2.56. The Hall–Kier alpha value is -4.44. The molecule has 0 radical (unpaired) electrons. The first-order valence-electron chi connectivity index (χ1n) is 12.4. The number of nitrogens with one attached hydrogen (secondary N) is 1. The number of aromatic amines is 1. The number of hydrogen-bond donors (Lipinski definition) is 2. The zero-order valence-corrected chi connectivity index (χ0v) is 20.7. The molecule has 192 valence electrons. The molecule has 6 rings (SSSR count). The molecule has 0 fully saturated rings. The number of carbonyl (C=O) groups is 1. The molecule has 3 heterocycles. The van der Waals surface area contributed by atoms with Crippen LogP contribution in [-0.2, 0) is 13.0 Å². The lowest BCUT2D eigenvalue weighted by atomic mass is 10.0. The van der Waals surface area contributed by atoms with Gasteiger partial charge in [0.05, 0.1) is 35.8 Å². The number of hydrogen-bond acceptors (Lipinski definition) is 6. The molecule has 1 atom stereocenters. The lowest BCUT2D eigenvalue weighted by molar-refractivity contribution is 0.0676. The van der Waals surface area contributed by atoms with Gasteiger partial charge in [-0.3, -0.25) is 9.59 Å².